The third-order valence-electron chi connectivity index (χ3n) is 4.36. The van der Waals surface area contributed by atoms with E-state index in [0.717, 1.165) is 25.7 Å². The molecule has 0 aliphatic heterocycles. The fraction of sp³-hybridized carbons (Fsp3) is 0.850. The Kier molecular flexibility index (Phi) is 17.3. The van der Waals surface area contributed by atoms with E-state index in [9.17, 15) is 0 Å². The molecule has 0 radical (unpaired) electrons. The van der Waals surface area contributed by atoms with Gasteiger partial charge in [0.1, 0.15) is 0 Å². The Balaban J connectivity index is 3.13. The molecule has 23 heavy (non-hydrogen) atoms. The molecular formula is C20H33N3. The summed E-state index contributed by atoms with van der Waals surface area (Å²) in [5, 5.41) is 25.9. The number of unbranched alkanes of at least 4 members (excludes halogenated alkanes) is 13. The Bertz CT molecular complexity index is 370. The molecule has 0 aromatic heterocycles. The van der Waals surface area contributed by atoms with Crippen molar-refractivity contribution in [2.24, 2.45) is 5.92 Å². The van der Waals surface area contributed by atoms with Gasteiger partial charge in [-0.15, -0.1) is 0 Å². The fourth-order valence-corrected chi connectivity index (χ4v) is 2.86. The second kappa shape index (κ2) is 18.5. The quantitative estimate of drug-likeness (QED) is 0.309. The second-order valence-corrected chi connectivity index (χ2v) is 6.48. The smallest absolute Gasteiger partial charge is 0.0666 e. The van der Waals surface area contributed by atoms with Crippen molar-refractivity contribution in [1.29, 1.82) is 15.8 Å². The molecule has 0 fully saturated rings. The molecular weight excluding hydrogens is 282 g/mol. The van der Waals surface area contributed by atoms with Crippen LogP contribution in [0.25, 0.3) is 0 Å². The molecule has 0 aromatic rings. The van der Waals surface area contributed by atoms with E-state index >= 15 is 0 Å². The van der Waals surface area contributed by atoms with E-state index in [1.165, 1.54) is 70.6 Å². The summed E-state index contributed by atoms with van der Waals surface area (Å²) in [5.41, 5.74) is 0. The van der Waals surface area contributed by atoms with Crippen LogP contribution in [0.5, 0.6) is 0 Å². The van der Waals surface area contributed by atoms with Gasteiger partial charge < -0.3 is 0 Å². The van der Waals surface area contributed by atoms with Gasteiger partial charge in [0.2, 0.25) is 0 Å². The van der Waals surface area contributed by atoms with Gasteiger partial charge in [0.25, 0.3) is 0 Å². The third kappa shape index (κ3) is 16.7. The zero-order valence-electron chi connectivity index (χ0n) is 14.7. The summed E-state index contributed by atoms with van der Waals surface area (Å²) in [6, 6.07) is 6.50. The van der Waals surface area contributed by atoms with Gasteiger partial charge in [-0.2, -0.15) is 15.8 Å². The molecule has 0 aliphatic rings. The molecule has 0 amide bonds. The summed E-state index contributed by atoms with van der Waals surface area (Å²) in [4.78, 5) is 0. The van der Waals surface area contributed by atoms with E-state index in [1.54, 1.807) is 0 Å². The van der Waals surface area contributed by atoms with Crippen LogP contribution in [0.3, 0.4) is 0 Å². The van der Waals surface area contributed by atoms with Crippen molar-refractivity contribution in [3.63, 3.8) is 0 Å². The Morgan fingerprint density at radius 2 is 0.957 bits per heavy atom. The van der Waals surface area contributed by atoms with Crippen molar-refractivity contribution < 1.29 is 0 Å². The molecule has 0 saturated heterocycles. The number of hydrogen-bond donors (Lipinski definition) is 0. The largest absolute Gasteiger partial charge is 0.198 e. The normalized spacial score (nSPS) is 11.3. The third-order valence-corrected chi connectivity index (χ3v) is 4.36. The van der Waals surface area contributed by atoms with Gasteiger partial charge in [0.15, 0.2) is 0 Å². The van der Waals surface area contributed by atoms with Gasteiger partial charge in [0, 0.05) is 6.42 Å². The van der Waals surface area contributed by atoms with E-state index < -0.39 is 0 Å². The summed E-state index contributed by atoms with van der Waals surface area (Å²) in [5.74, 6) is -0.0556. The minimum Gasteiger partial charge on any atom is -0.198 e. The van der Waals surface area contributed by atoms with Gasteiger partial charge >= 0.3 is 0 Å². The summed E-state index contributed by atoms with van der Waals surface area (Å²) in [6.07, 6.45) is 18.5. The molecule has 0 heterocycles. The lowest BCUT2D eigenvalue weighted by molar-refractivity contribution is 0.513. The van der Waals surface area contributed by atoms with E-state index in [0.29, 0.717) is 6.42 Å². The fourth-order valence-electron chi connectivity index (χ4n) is 2.86. The molecule has 1 atom stereocenters. The van der Waals surface area contributed by atoms with E-state index in [-0.39, 0.29) is 5.92 Å². The van der Waals surface area contributed by atoms with Crippen LogP contribution in [0.4, 0.5) is 0 Å². The van der Waals surface area contributed by atoms with Crippen LogP contribution in [0, 0.1) is 39.9 Å². The minimum atomic E-state index is -0.0556. The maximum Gasteiger partial charge on any atom is 0.0666 e. The highest BCUT2D eigenvalue weighted by atomic mass is 14.3. The minimum absolute atomic E-state index is 0.0556. The molecule has 0 bridgehead atoms. The molecule has 0 spiro atoms. The highest BCUT2D eigenvalue weighted by Crippen LogP contribution is 2.15. The van der Waals surface area contributed by atoms with Crippen LogP contribution >= 0.6 is 0 Å². The van der Waals surface area contributed by atoms with Crippen LogP contribution in [-0.2, 0) is 0 Å². The predicted octanol–water partition coefficient (Wildman–Crippen LogP) is 6.41. The Morgan fingerprint density at radius 3 is 1.35 bits per heavy atom. The van der Waals surface area contributed by atoms with Crippen LogP contribution < -0.4 is 0 Å². The Labute approximate surface area is 143 Å². The Hall–Kier alpha value is -1.53. The summed E-state index contributed by atoms with van der Waals surface area (Å²) in [7, 11) is 0. The zero-order chi connectivity index (χ0) is 17.0. The highest BCUT2D eigenvalue weighted by molar-refractivity contribution is 4.89. The van der Waals surface area contributed by atoms with E-state index in [1.807, 2.05) is 0 Å². The number of rotatable bonds is 16. The topological polar surface area (TPSA) is 71.4 Å². The Morgan fingerprint density at radius 1 is 0.522 bits per heavy atom. The average molecular weight is 316 g/mol. The van der Waals surface area contributed by atoms with Crippen LogP contribution in [-0.4, -0.2) is 0 Å². The van der Waals surface area contributed by atoms with Crippen molar-refractivity contribution in [1.82, 2.24) is 0 Å². The first-order valence-corrected chi connectivity index (χ1v) is 9.48. The standard InChI is InChI=1S/C20H33N3/c21-17-14-12-10-8-6-4-2-1-3-5-7-9-11-13-15-20(19-23)16-18-22/h20H,1-16H2. The van der Waals surface area contributed by atoms with Crippen molar-refractivity contribution in [2.45, 2.75) is 103 Å². The number of nitriles is 3. The van der Waals surface area contributed by atoms with Crippen molar-refractivity contribution in [3.8, 4) is 18.2 Å². The first-order valence-electron chi connectivity index (χ1n) is 9.48. The van der Waals surface area contributed by atoms with Crippen LogP contribution in [0.2, 0.25) is 0 Å². The maximum absolute atomic E-state index is 8.86. The summed E-state index contributed by atoms with van der Waals surface area (Å²) >= 11 is 0. The molecule has 128 valence electrons. The van der Waals surface area contributed by atoms with Gasteiger partial charge in [-0.1, -0.05) is 77.0 Å². The van der Waals surface area contributed by atoms with E-state index in [4.69, 9.17) is 15.8 Å². The predicted molar refractivity (Wildman–Crippen MR) is 94.2 cm³/mol. The van der Waals surface area contributed by atoms with Crippen molar-refractivity contribution in [2.75, 3.05) is 0 Å². The summed E-state index contributed by atoms with van der Waals surface area (Å²) in [6.45, 7) is 0. The van der Waals surface area contributed by atoms with Gasteiger partial charge in [-0.3, -0.25) is 0 Å². The SMILES string of the molecule is N#CCCCCCCCCCCCCCCCC(C#N)CC#N. The average Bonchev–Trinajstić information content (AvgIpc) is 2.57. The lowest BCUT2D eigenvalue weighted by Gasteiger charge is -2.05. The molecule has 0 N–H and O–H groups in total. The lowest BCUT2D eigenvalue weighted by atomic mass is 9.99. The van der Waals surface area contributed by atoms with Crippen molar-refractivity contribution >= 4 is 0 Å². The van der Waals surface area contributed by atoms with Gasteiger partial charge in [-0.25, -0.2) is 0 Å². The van der Waals surface area contributed by atoms with Crippen LogP contribution in [0.15, 0.2) is 0 Å². The summed E-state index contributed by atoms with van der Waals surface area (Å²) < 4.78 is 0. The molecule has 0 aromatic carbocycles. The second-order valence-electron chi connectivity index (χ2n) is 6.48. The highest BCUT2D eigenvalue weighted by Gasteiger charge is 2.05. The lowest BCUT2D eigenvalue weighted by Crippen LogP contribution is -1.95. The molecule has 1 unspecified atom stereocenters. The monoisotopic (exact) mass is 315 g/mol. The van der Waals surface area contributed by atoms with Crippen LogP contribution in [0.1, 0.15) is 103 Å². The van der Waals surface area contributed by atoms with Crippen molar-refractivity contribution in [3.05, 3.63) is 0 Å². The number of hydrogen-bond acceptors (Lipinski definition) is 3. The molecule has 0 saturated carbocycles. The first-order chi connectivity index (χ1) is 11.3. The maximum atomic E-state index is 8.86. The number of nitrogens with zero attached hydrogens (tertiary/aromatic N) is 3. The molecule has 0 rings (SSSR count). The van der Waals surface area contributed by atoms with Gasteiger partial charge in [0.05, 0.1) is 30.5 Å². The zero-order valence-corrected chi connectivity index (χ0v) is 14.7. The molecule has 3 heteroatoms. The first kappa shape index (κ1) is 21.5. The molecule has 0 aliphatic carbocycles. The molecule has 3 nitrogen and oxygen atoms in total. The van der Waals surface area contributed by atoms with E-state index in [2.05, 4.69) is 18.2 Å². The van der Waals surface area contributed by atoms with Gasteiger partial charge in [-0.05, 0) is 12.8 Å².